The fraction of sp³-hybridized carbons (Fsp3) is 0.409. The summed E-state index contributed by atoms with van der Waals surface area (Å²) in [5.74, 6) is -6.85. The number of benzene rings is 1. The van der Waals surface area contributed by atoms with Crippen LogP contribution in [0.5, 0.6) is 5.75 Å². The summed E-state index contributed by atoms with van der Waals surface area (Å²) in [6.07, 6.45) is 0.0278. The Morgan fingerprint density at radius 1 is 1.12 bits per heavy atom. The Bertz CT molecular complexity index is 1160. The topological polar surface area (TPSA) is 191 Å². The molecule has 10 nitrogen and oxygen atoms in total. The van der Waals surface area contributed by atoms with Gasteiger partial charge in [-0.15, -0.1) is 12.4 Å². The van der Waals surface area contributed by atoms with Gasteiger partial charge in [0.15, 0.2) is 11.4 Å². The number of hydrogen-bond acceptors (Lipinski definition) is 10. The second-order valence-corrected chi connectivity index (χ2v) is 9.27. The number of halogens is 2. The standard InChI is InChI=1S/C22H22ClNO8.ClH.H3N/c1-21(31)9-6-10-16(24(2)3)17(27)8(7-25)19(29)22(10,32)20(30)13(9)18(28)14-12(26)5-4-11(23)15(14)21;;/h4-5,7,9-10,16,25-26,28,31-32H,6H2,1-3H3;1H;1H3/b8-7-;;/t9?,10?,16-,21+,22?;;/m1../s1. The van der Waals surface area contributed by atoms with Gasteiger partial charge in [0.05, 0.1) is 23.5 Å². The molecule has 2 saturated carbocycles. The van der Waals surface area contributed by atoms with Gasteiger partial charge in [-0.1, -0.05) is 11.6 Å². The monoisotopic (exact) mass is 516 g/mol. The number of carbonyl (C=O) groups is 3. The maximum atomic E-state index is 13.6. The number of fused-ring (bicyclic) bond motifs is 3. The molecule has 12 heteroatoms. The van der Waals surface area contributed by atoms with Crippen LogP contribution in [0, 0.1) is 11.8 Å². The van der Waals surface area contributed by atoms with Crippen molar-refractivity contribution in [2.24, 2.45) is 11.8 Å². The first-order valence-corrected chi connectivity index (χ1v) is 10.2. The molecule has 1 aromatic carbocycles. The van der Waals surface area contributed by atoms with Crippen LogP contribution in [0.4, 0.5) is 0 Å². The minimum Gasteiger partial charge on any atom is -0.515 e. The zero-order chi connectivity index (χ0) is 23.9. The molecular formula is C22H26Cl2N2O8. The molecule has 0 aliphatic heterocycles. The average Bonchev–Trinajstić information content (AvgIpc) is 2.70. The minimum atomic E-state index is -2.76. The number of Topliss-reactive ketones (excluding diaryl/α,β-unsaturated/α-hetero) is 3. The van der Waals surface area contributed by atoms with Crippen LogP contribution in [0.15, 0.2) is 29.5 Å². The first kappa shape index (κ1) is 27.8. The lowest BCUT2D eigenvalue weighted by Gasteiger charge is -2.53. The highest BCUT2D eigenvalue weighted by molar-refractivity contribution is 6.36. The van der Waals surface area contributed by atoms with Gasteiger partial charge in [-0.3, -0.25) is 19.3 Å². The largest absolute Gasteiger partial charge is 0.515 e. The molecule has 1 aromatic rings. The zero-order valence-electron chi connectivity index (χ0n) is 18.6. The highest BCUT2D eigenvalue weighted by atomic mass is 35.5. The molecule has 0 heterocycles. The smallest absolute Gasteiger partial charge is 0.209 e. The summed E-state index contributed by atoms with van der Waals surface area (Å²) in [6, 6.07) is 1.34. The van der Waals surface area contributed by atoms with E-state index in [1.165, 1.54) is 38.1 Å². The van der Waals surface area contributed by atoms with E-state index in [4.69, 9.17) is 11.6 Å². The van der Waals surface area contributed by atoms with Crippen molar-refractivity contribution in [3.05, 3.63) is 45.7 Å². The Morgan fingerprint density at radius 2 is 1.71 bits per heavy atom. The zero-order valence-corrected chi connectivity index (χ0v) is 20.1. The highest BCUT2D eigenvalue weighted by Gasteiger charge is 2.68. The number of nitrogens with zero attached hydrogens (tertiary/aromatic N) is 1. The molecule has 3 aliphatic rings. The number of phenolic OH excluding ortho intramolecular Hbond substituents is 1. The van der Waals surface area contributed by atoms with Gasteiger partial charge >= 0.3 is 0 Å². The fourth-order valence-electron chi connectivity index (χ4n) is 5.47. The van der Waals surface area contributed by atoms with Gasteiger partial charge in [0.1, 0.15) is 17.1 Å². The normalized spacial score (nSPS) is 33.7. The average molecular weight is 517 g/mol. The van der Waals surface area contributed by atoms with Crippen molar-refractivity contribution in [3.63, 3.8) is 0 Å². The van der Waals surface area contributed by atoms with Crippen molar-refractivity contribution < 1.29 is 39.9 Å². The van der Waals surface area contributed by atoms with Crippen molar-refractivity contribution in [2.45, 2.75) is 30.6 Å². The Hall–Kier alpha value is -2.47. The van der Waals surface area contributed by atoms with E-state index in [1.54, 1.807) is 0 Å². The number of phenols is 1. The Kier molecular flexibility index (Phi) is 7.05. The molecule has 4 rings (SSSR count). The summed E-state index contributed by atoms with van der Waals surface area (Å²) >= 11 is 6.27. The van der Waals surface area contributed by atoms with Crippen LogP contribution in [0.1, 0.15) is 24.5 Å². The van der Waals surface area contributed by atoms with Crippen molar-refractivity contribution >= 4 is 47.1 Å². The number of rotatable bonds is 1. The van der Waals surface area contributed by atoms with Gasteiger partial charge in [0, 0.05) is 28.0 Å². The van der Waals surface area contributed by atoms with Gasteiger partial charge < -0.3 is 31.7 Å². The molecule has 0 spiro atoms. The molecule has 5 atom stereocenters. The summed E-state index contributed by atoms with van der Waals surface area (Å²) in [5, 5.41) is 53.7. The highest BCUT2D eigenvalue weighted by Crippen LogP contribution is 2.57. The molecule has 8 N–H and O–H groups in total. The van der Waals surface area contributed by atoms with Gasteiger partial charge in [0.25, 0.3) is 0 Å². The maximum absolute atomic E-state index is 13.6. The molecular weight excluding hydrogens is 491 g/mol. The van der Waals surface area contributed by atoms with E-state index in [2.05, 4.69) is 0 Å². The van der Waals surface area contributed by atoms with Crippen LogP contribution in [0.2, 0.25) is 5.02 Å². The van der Waals surface area contributed by atoms with Crippen molar-refractivity contribution in [3.8, 4) is 5.75 Å². The predicted molar refractivity (Wildman–Crippen MR) is 124 cm³/mol. The maximum Gasteiger partial charge on any atom is 0.209 e. The first-order valence-electron chi connectivity index (χ1n) is 9.86. The summed E-state index contributed by atoms with van der Waals surface area (Å²) < 4.78 is 0. The lowest BCUT2D eigenvalue weighted by molar-refractivity contribution is -0.169. The third kappa shape index (κ3) is 3.21. The minimum absolute atomic E-state index is 0. The van der Waals surface area contributed by atoms with E-state index >= 15 is 0 Å². The van der Waals surface area contributed by atoms with Gasteiger partial charge in [-0.2, -0.15) is 0 Å². The van der Waals surface area contributed by atoms with Crippen LogP contribution < -0.4 is 6.15 Å². The fourth-order valence-corrected chi connectivity index (χ4v) is 5.82. The molecule has 3 aliphatic carbocycles. The lowest BCUT2D eigenvalue weighted by Crippen LogP contribution is -2.70. The van der Waals surface area contributed by atoms with Crippen LogP contribution in [-0.4, -0.2) is 73.5 Å². The van der Waals surface area contributed by atoms with Crippen LogP contribution in [0.3, 0.4) is 0 Å². The third-order valence-corrected chi connectivity index (χ3v) is 7.28. The number of carbonyl (C=O) groups excluding carboxylic acids is 3. The lowest BCUT2D eigenvalue weighted by atomic mass is 9.53. The molecule has 0 saturated heterocycles. The van der Waals surface area contributed by atoms with Gasteiger partial charge in [0.2, 0.25) is 11.6 Å². The Labute approximate surface area is 206 Å². The molecule has 0 amide bonds. The van der Waals surface area contributed by atoms with Gasteiger partial charge in [-0.05, 0) is 39.6 Å². The molecule has 2 fully saturated rings. The molecule has 0 aromatic heterocycles. The number of aliphatic hydroxyl groups is 4. The summed E-state index contributed by atoms with van der Waals surface area (Å²) in [5.41, 5.74) is -6.11. The van der Waals surface area contributed by atoms with E-state index in [1.807, 2.05) is 0 Å². The Morgan fingerprint density at radius 3 is 2.24 bits per heavy atom. The van der Waals surface area contributed by atoms with Crippen molar-refractivity contribution in [1.82, 2.24) is 11.1 Å². The molecule has 0 bridgehead atoms. The quantitative estimate of drug-likeness (QED) is 0.138. The van der Waals surface area contributed by atoms with E-state index in [-0.39, 0.29) is 47.4 Å². The van der Waals surface area contributed by atoms with Crippen LogP contribution in [0.25, 0.3) is 5.76 Å². The summed E-state index contributed by atoms with van der Waals surface area (Å²) in [4.78, 5) is 41.0. The van der Waals surface area contributed by atoms with Crippen molar-refractivity contribution in [1.29, 1.82) is 0 Å². The van der Waals surface area contributed by atoms with E-state index in [0.717, 1.165) is 0 Å². The van der Waals surface area contributed by atoms with Crippen LogP contribution in [-0.2, 0) is 20.0 Å². The Balaban J connectivity index is 0.00000204. The number of aliphatic hydroxyl groups excluding tert-OH is 2. The third-order valence-electron chi connectivity index (χ3n) is 6.97. The number of likely N-dealkylation sites (N-methyl/N-ethyl adjacent to an activating group) is 1. The first-order chi connectivity index (χ1) is 14.8. The number of hydrogen-bond donors (Lipinski definition) is 6. The van der Waals surface area contributed by atoms with E-state index < -0.39 is 69.1 Å². The summed E-state index contributed by atoms with van der Waals surface area (Å²) in [7, 11) is 3.04. The molecule has 186 valence electrons. The van der Waals surface area contributed by atoms with E-state index in [0.29, 0.717) is 0 Å². The summed E-state index contributed by atoms with van der Waals surface area (Å²) in [6.45, 7) is 1.35. The number of ketones is 3. The van der Waals surface area contributed by atoms with Crippen LogP contribution >= 0.6 is 24.0 Å². The molecule has 34 heavy (non-hydrogen) atoms. The van der Waals surface area contributed by atoms with Gasteiger partial charge in [-0.25, -0.2) is 0 Å². The predicted octanol–water partition coefficient (Wildman–Crippen LogP) is 1.58. The van der Waals surface area contributed by atoms with E-state index in [9.17, 15) is 39.9 Å². The molecule has 0 radical (unpaired) electrons. The molecule has 3 unspecified atom stereocenters. The van der Waals surface area contributed by atoms with Crippen molar-refractivity contribution in [2.75, 3.05) is 14.1 Å². The number of aromatic hydroxyl groups is 1. The second-order valence-electron chi connectivity index (χ2n) is 8.86. The second kappa shape index (κ2) is 8.63. The SMILES string of the molecule is CN(C)[C@H]1C(=O)/C(=C/O)C(=O)C2(O)C(=O)C3=C(O)c4c(O)ccc(Cl)c4[C@@](C)(O)C3CC12.Cl.N.